The number of hydrogen-bond acceptors (Lipinski definition) is 3. The number of hydrogen-bond donors (Lipinski definition) is 0. The summed E-state index contributed by atoms with van der Waals surface area (Å²) in [5.41, 5.74) is 2.07. The number of rotatable bonds is 3. The van der Waals surface area contributed by atoms with Crippen molar-refractivity contribution < 1.29 is 13.9 Å². The van der Waals surface area contributed by atoms with Gasteiger partial charge in [-0.05, 0) is 36.6 Å². The molecule has 0 atom stereocenters. The highest BCUT2D eigenvalue weighted by atomic mass is 16.5. The lowest BCUT2D eigenvalue weighted by Gasteiger charge is -2.22. The van der Waals surface area contributed by atoms with Crippen LogP contribution >= 0.6 is 0 Å². The molecule has 0 saturated heterocycles. The molecule has 0 aliphatic rings. The zero-order chi connectivity index (χ0) is 15.5. The van der Waals surface area contributed by atoms with Gasteiger partial charge in [-0.25, -0.2) is 4.79 Å². The zero-order valence-electron chi connectivity index (χ0n) is 12.8. The third-order valence-corrected chi connectivity index (χ3v) is 3.08. The largest absolute Gasteiger partial charge is 0.465 e. The smallest absolute Gasteiger partial charge is 0.336 e. The van der Waals surface area contributed by atoms with Gasteiger partial charge in [-0.15, -0.1) is 0 Å². The van der Waals surface area contributed by atoms with E-state index >= 15 is 0 Å². The molecular weight excluding hydrogens is 264 g/mol. The Kier molecular flexibility index (Phi) is 4.32. The minimum atomic E-state index is -0.416. The summed E-state index contributed by atoms with van der Waals surface area (Å²) in [5, 5.41) is 0. The molecule has 0 aliphatic carbocycles. The number of esters is 1. The fourth-order valence-corrected chi connectivity index (χ4v) is 2.00. The fourth-order valence-electron chi connectivity index (χ4n) is 2.00. The molecule has 3 heteroatoms. The number of carbonyl (C=O) groups excluding carboxylic acids is 1. The van der Waals surface area contributed by atoms with Crippen LogP contribution < -0.4 is 4.74 Å². The van der Waals surface area contributed by atoms with Gasteiger partial charge in [-0.3, -0.25) is 0 Å². The minimum absolute atomic E-state index is 0.0909. The van der Waals surface area contributed by atoms with E-state index in [0.29, 0.717) is 11.5 Å². The molecule has 0 radical (unpaired) electrons. The average molecular weight is 284 g/mol. The summed E-state index contributed by atoms with van der Waals surface area (Å²) in [5.74, 6) is 0.801. The Bertz CT molecular complexity index is 644. The van der Waals surface area contributed by atoms with Crippen molar-refractivity contribution in [3.63, 3.8) is 0 Å². The van der Waals surface area contributed by atoms with E-state index in [0.717, 1.165) is 11.1 Å². The predicted octanol–water partition coefficient (Wildman–Crippen LogP) is 4.50. The topological polar surface area (TPSA) is 39.4 Å². The van der Waals surface area contributed by atoms with Gasteiger partial charge in [-0.2, -0.15) is 0 Å². The van der Waals surface area contributed by atoms with Gasteiger partial charge in [0.15, 0.2) is 0 Å². The van der Waals surface area contributed by atoms with Crippen LogP contribution in [0.4, 0.5) is 0 Å². The monoisotopic (exact) mass is 284 g/mol. The molecule has 110 valence electrons. The standard InChI is InChI=1S/C18H20O3/c1-13-7-9-16(15(12-13)18(2,3)4)21-17(19)10-8-14-6-5-11-20-14/h5-12H,1-4H3/b10-8+. The molecule has 0 aliphatic heterocycles. The Hall–Kier alpha value is -2.29. The third-order valence-electron chi connectivity index (χ3n) is 3.08. The van der Waals surface area contributed by atoms with Crippen molar-refractivity contribution >= 4 is 12.0 Å². The fraction of sp³-hybridized carbons (Fsp3) is 0.278. The van der Waals surface area contributed by atoms with Crippen molar-refractivity contribution in [2.24, 2.45) is 0 Å². The van der Waals surface area contributed by atoms with Crippen LogP contribution in [0.25, 0.3) is 6.08 Å². The van der Waals surface area contributed by atoms with Crippen molar-refractivity contribution in [3.05, 3.63) is 59.6 Å². The summed E-state index contributed by atoms with van der Waals surface area (Å²) < 4.78 is 10.6. The second kappa shape index (κ2) is 6.00. The van der Waals surface area contributed by atoms with Crippen LogP contribution in [-0.2, 0) is 10.2 Å². The van der Waals surface area contributed by atoms with E-state index in [1.165, 1.54) is 6.08 Å². The lowest BCUT2D eigenvalue weighted by Crippen LogP contribution is -2.15. The van der Waals surface area contributed by atoms with Crippen LogP contribution in [-0.4, -0.2) is 5.97 Å². The Morgan fingerprint density at radius 1 is 1.24 bits per heavy atom. The van der Waals surface area contributed by atoms with Crippen LogP contribution in [0, 0.1) is 6.92 Å². The summed E-state index contributed by atoms with van der Waals surface area (Å²) >= 11 is 0. The second-order valence-electron chi connectivity index (χ2n) is 6.02. The number of carbonyl (C=O) groups is 1. The molecule has 0 fully saturated rings. The summed E-state index contributed by atoms with van der Waals surface area (Å²) in [6, 6.07) is 9.38. The first kappa shape index (κ1) is 15.1. The Labute approximate surface area is 125 Å². The summed E-state index contributed by atoms with van der Waals surface area (Å²) in [4.78, 5) is 11.9. The van der Waals surface area contributed by atoms with Crippen LogP contribution in [0.5, 0.6) is 5.75 Å². The van der Waals surface area contributed by atoms with E-state index in [4.69, 9.17) is 9.15 Å². The van der Waals surface area contributed by atoms with Crippen LogP contribution in [0.15, 0.2) is 47.1 Å². The van der Waals surface area contributed by atoms with Gasteiger partial charge in [0.1, 0.15) is 11.5 Å². The molecule has 0 spiro atoms. The number of furan rings is 1. The molecule has 21 heavy (non-hydrogen) atoms. The summed E-state index contributed by atoms with van der Waals surface area (Å²) in [6.07, 6.45) is 4.51. The van der Waals surface area contributed by atoms with Crippen LogP contribution in [0.3, 0.4) is 0 Å². The normalized spacial score (nSPS) is 11.8. The molecule has 2 aromatic rings. The Morgan fingerprint density at radius 3 is 2.62 bits per heavy atom. The molecule has 1 heterocycles. The van der Waals surface area contributed by atoms with Crippen molar-refractivity contribution in [1.29, 1.82) is 0 Å². The molecule has 0 N–H and O–H groups in total. The van der Waals surface area contributed by atoms with Crippen molar-refractivity contribution in [2.75, 3.05) is 0 Å². The molecule has 1 aromatic carbocycles. The van der Waals surface area contributed by atoms with E-state index in [1.54, 1.807) is 24.5 Å². The quantitative estimate of drug-likeness (QED) is 0.473. The molecule has 0 bridgehead atoms. The van der Waals surface area contributed by atoms with E-state index in [9.17, 15) is 4.79 Å². The molecular formula is C18H20O3. The van der Waals surface area contributed by atoms with Gasteiger partial charge in [0, 0.05) is 11.6 Å². The zero-order valence-corrected chi connectivity index (χ0v) is 12.8. The maximum Gasteiger partial charge on any atom is 0.336 e. The van der Waals surface area contributed by atoms with E-state index in [-0.39, 0.29) is 5.41 Å². The first-order valence-corrected chi connectivity index (χ1v) is 6.91. The molecule has 0 amide bonds. The number of benzene rings is 1. The average Bonchev–Trinajstić information content (AvgIpc) is 2.90. The van der Waals surface area contributed by atoms with Gasteiger partial charge in [0.2, 0.25) is 0 Å². The maximum atomic E-state index is 11.9. The van der Waals surface area contributed by atoms with Crippen LogP contribution in [0.2, 0.25) is 0 Å². The number of aryl methyl sites for hydroxylation is 1. The summed E-state index contributed by atoms with van der Waals surface area (Å²) in [7, 11) is 0. The molecule has 0 unspecified atom stereocenters. The lowest BCUT2D eigenvalue weighted by molar-refractivity contribution is -0.129. The molecule has 0 saturated carbocycles. The van der Waals surface area contributed by atoms with E-state index in [2.05, 4.69) is 26.8 Å². The Balaban J connectivity index is 2.18. The number of ether oxygens (including phenoxy) is 1. The van der Waals surface area contributed by atoms with Gasteiger partial charge >= 0.3 is 5.97 Å². The van der Waals surface area contributed by atoms with Crippen molar-refractivity contribution in [1.82, 2.24) is 0 Å². The van der Waals surface area contributed by atoms with Crippen LogP contribution in [0.1, 0.15) is 37.7 Å². The minimum Gasteiger partial charge on any atom is -0.465 e. The molecule has 2 rings (SSSR count). The van der Waals surface area contributed by atoms with Gasteiger partial charge in [0.25, 0.3) is 0 Å². The SMILES string of the molecule is Cc1ccc(OC(=O)/C=C/c2ccco2)c(C(C)(C)C)c1. The highest BCUT2D eigenvalue weighted by Crippen LogP contribution is 2.32. The predicted molar refractivity (Wildman–Crippen MR) is 83.3 cm³/mol. The summed E-state index contributed by atoms with van der Waals surface area (Å²) in [6.45, 7) is 8.31. The third kappa shape index (κ3) is 4.09. The van der Waals surface area contributed by atoms with E-state index < -0.39 is 5.97 Å². The molecule has 3 nitrogen and oxygen atoms in total. The Morgan fingerprint density at radius 2 is 2.00 bits per heavy atom. The second-order valence-corrected chi connectivity index (χ2v) is 6.02. The maximum absolute atomic E-state index is 11.9. The van der Waals surface area contributed by atoms with Gasteiger partial charge in [0.05, 0.1) is 6.26 Å². The van der Waals surface area contributed by atoms with Gasteiger partial charge < -0.3 is 9.15 Å². The highest BCUT2D eigenvalue weighted by molar-refractivity contribution is 5.88. The first-order valence-electron chi connectivity index (χ1n) is 6.91. The van der Waals surface area contributed by atoms with Crippen molar-refractivity contribution in [2.45, 2.75) is 33.1 Å². The molecule has 1 aromatic heterocycles. The van der Waals surface area contributed by atoms with E-state index in [1.807, 2.05) is 19.1 Å². The van der Waals surface area contributed by atoms with Crippen molar-refractivity contribution in [3.8, 4) is 5.75 Å². The first-order chi connectivity index (χ1) is 9.86. The highest BCUT2D eigenvalue weighted by Gasteiger charge is 2.20. The van der Waals surface area contributed by atoms with Gasteiger partial charge in [-0.1, -0.05) is 38.5 Å². The lowest BCUT2D eigenvalue weighted by atomic mass is 9.85.